The average Bonchev–Trinajstić information content (AvgIpc) is 3.22. The van der Waals surface area contributed by atoms with E-state index in [1.807, 2.05) is 0 Å². The predicted octanol–water partition coefficient (Wildman–Crippen LogP) is -5.23. The number of nitrogens with zero attached hydrogens (tertiary/aromatic N) is 4. The quantitative estimate of drug-likeness (QED) is 0.0229. The first-order chi connectivity index (χ1) is 28.7. The summed E-state index contributed by atoms with van der Waals surface area (Å²) in [4.78, 5) is 12.5. The summed E-state index contributed by atoms with van der Waals surface area (Å²) in [5, 5.41) is 50.0. The molecule has 0 bridgehead atoms. The number of amides is 2. The fourth-order valence-electron chi connectivity index (χ4n) is 5.60. The molecule has 0 saturated heterocycles. The van der Waals surface area contributed by atoms with Crippen molar-refractivity contribution in [1.29, 1.82) is 0 Å². The molecule has 0 radical (unpaired) electrons. The number of anilines is 2. The Labute approximate surface area is 502 Å². The maximum atomic E-state index is 13.1. The van der Waals surface area contributed by atoms with Crippen LogP contribution >= 0.6 is 24.1 Å². The number of urea groups is 1. The van der Waals surface area contributed by atoms with Crippen LogP contribution in [0.15, 0.2) is 137 Å². The number of azo groups is 2. The van der Waals surface area contributed by atoms with E-state index in [1.165, 1.54) is 99.1 Å². The van der Waals surface area contributed by atoms with Crippen LogP contribution in [-0.4, -0.2) is 46.2 Å². The molecule has 2 N–H and O–H groups in total. The molecule has 0 aliphatic rings. The van der Waals surface area contributed by atoms with Crippen LogP contribution in [0.4, 0.5) is 38.9 Å². The van der Waals surface area contributed by atoms with Gasteiger partial charge in [-0.05, 0) is 66.0 Å². The molecule has 2 amide bonds. The van der Waals surface area contributed by atoms with Crippen LogP contribution < -0.4 is 193 Å². The van der Waals surface area contributed by atoms with Crippen molar-refractivity contribution in [2.24, 2.45) is 20.5 Å². The molecule has 0 spiro atoms. The molecule has 0 unspecified atom stereocenters. The molecular formula is C35H24K2N6Na2O15S4. The van der Waals surface area contributed by atoms with Gasteiger partial charge in [-0.3, -0.25) is 10.1 Å². The van der Waals surface area contributed by atoms with Gasteiger partial charge in [0.25, 0.3) is 0 Å². The van der Waals surface area contributed by atoms with Gasteiger partial charge in [0.05, 0.1) is 82.2 Å². The van der Waals surface area contributed by atoms with Crippen molar-refractivity contribution in [3.8, 4) is 11.5 Å². The van der Waals surface area contributed by atoms with Crippen LogP contribution in [0.25, 0.3) is 21.5 Å². The third-order valence-corrected chi connectivity index (χ3v) is 11.1. The number of nitrogens with one attached hydrogen (secondary N) is 2. The first-order valence-corrected chi connectivity index (χ1v) is 20.6. The van der Waals surface area contributed by atoms with E-state index in [4.69, 9.17) is 9.47 Å². The Bertz CT molecular complexity index is 2910. The van der Waals surface area contributed by atoms with E-state index in [-0.39, 0.29) is 239 Å². The Balaban J connectivity index is 0.00000352. The van der Waals surface area contributed by atoms with E-state index in [2.05, 4.69) is 49.8 Å². The van der Waals surface area contributed by atoms with Crippen molar-refractivity contribution in [1.82, 2.24) is 0 Å². The van der Waals surface area contributed by atoms with Crippen molar-refractivity contribution >= 4 is 106 Å². The van der Waals surface area contributed by atoms with E-state index < -0.39 is 36.1 Å². The van der Waals surface area contributed by atoms with Crippen molar-refractivity contribution in [2.75, 3.05) is 24.9 Å². The summed E-state index contributed by atoms with van der Waals surface area (Å²) in [5.41, 5.74) is 0.926. The minimum absolute atomic E-state index is 0. The van der Waals surface area contributed by atoms with Crippen LogP contribution in [-0.2, 0) is 39.0 Å². The zero-order valence-electron chi connectivity index (χ0n) is 34.3. The smallest absolute Gasteiger partial charge is 0.744 e. The van der Waals surface area contributed by atoms with Gasteiger partial charge in [0.15, 0.2) is 0 Å². The first kappa shape index (κ1) is 59.6. The van der Waals surface area contributed by atoms with Gasteiger partial charge in [-0.25, -0.2) is 21.6 Å². The standard InChI is InChI=1S/C35H28N6O15S4.2K.2Na/c1-51-29-15-19(38-40-21-14-26-23(32(17-21)58-56-54-44)5-4-8-33(26)59(45,46)47)9-11-27(29)36-35(42)37-28-12-10-20(16-30(28)52-2)39-41-22-13-25-24(34(18-22)60(48,49)50)6-3-7-31(25)57-55-53-43;;;;/h3-18,43-44H,1-2H3,(H2,36,37,42)(H,45,46,47)(H,48,49,50);;;;/q;4*+1/p-4. The van der Waals surface area contributed by atoms with Gasteiger partial charge in [-0.1, -0.05) is 24.3 Å². The largest absolute Gasteiger partial charge is 1.00 e. The summed E-state index contributed by atoms with van der Waals surface area (Å²) in [6.07, 6.45) is 0. The summed E-state index contributed by atoms with van der Waals surface area (Å²) in [6.45, 7) is 0. The number of carbonyl (C=O) groups excluding carboxylic acids is 1. The van der Waals surface area contributed by atoms with Crippen molar-refractivity contribution < 1.29 is 231 Å². The van der Waals surface area contributed by atoms with Gasteiger partial charge in [-0.15, -0.1) is 0 Å². The summed E-state index contributed by atoms with van der Waals surface area (Å²) in [6, 6.07) is 21.6. The van der Waals surface area contributed by atoms with Crippen LogP contribution in [0.3, 0.4) is 0 Å². The number of rotatable bonds is 16. The van der Waals surface area contributed by atoms with Crippen LogP contribution in [0.5, 0.6) is 11.5 Å². The molecule has 0 aliphatic heterocycles. The Morgan fingerprint density at radius 3 is 1.53 bits per heavy atom. The van der Waals surface area contributed by atoms with Crippen LogP contribution in [0.1, 0.15) is 0 Å². The summed E-state index contributed by atoms with van der Waals surface area (Å²) in [5.74, 6) is 0.319. The van der Waals surface area contributed by atoms with Crippen molar-refractivity contribution in [3.63, 3.8) is 0 Å². The van der Waals surface area contributed by atoms with Crippen molar-refractivity contribution in [2.45, 2.75) is 19.6 Å². The SMILES string of the molecule is COc1cc(N=Nc2cc(S(=O)(=O)[O-])c3cccc(SOO[O-])c3c2)ccc1NC(=O)Nc1ccc(N=Nc2cc(SOO[O-])c3cccc(S(=O)(=O)[O-])c3c2)cc1OC.[K+].[K+].[Na+].[Na+]. The molecule has 21 nitrogen and oxygen atoms in total. The predicted molar refractivity (Wildman–Crippen MR) is 207 cm³/mol. The summed E-state index contributed by atoms with van der Waals surface area (Å²) < 4.78 is 91.7. The van der Waals surface area contributed by atoms with Gasteiger partial charge >= 0.3 is 168 Å². The van der Waals surface area contributed by atoms with Gasteiger partial charge in [0.2, 0.25) is 0 Å². The molecule has 6 rings (SSSR count). The number of fused-ring (bicyclic) bond motifs is 2. The number of hydrogen-bond donors (Lipinski definition) is 2. The minimum atomic E-state index is -4.97. The van der Waals surface area contributed by atoms with Gasteiger partial charge < -0.3 is 39.7 Å². The molecule has 0 fully saturated rings. The van der Waals surface area contributed by atoms with Gasteiger partial charge in [0, 0.05) is 38.1 Å². The van der Waals surface area contributed by atoms with E-state index in [1.54, 1.807) is 0 Å². The molecule has 29 heteroatoms. The Morgan fingerprint density at radius 2 is 1.02 bits per heavy atom. The van der Waals surface area contributed by atoms with Crippen LogP contribution in [0.2, 0.25) is 0 Å². The van der Waals surface area contributed by atoms with E-state index in [0.717, 1.165) is 12.1 Å². The average molecular weight is 1020 g/mol. The second-order valence-corrected chi connectivity index (χ2v) is 15.9. The number of carbonyl (C=O) groups is 1. The maximum absolute atomic E-state index is 13.1. The molecule has 0 aromatic heterocycles. The van der Waals surface area contributed by atoms with E-state index in [9.17, 15) is 41.3 Å². The summed E-state index contributed by atoms with van der Waals surface area (Å²) >= 11 is 0.972. The summed E-state index contributed by atoms with van der Waals surface area (Å²) in [7, 11) is -7.18. The first-order valence-electron chi connectivity index (χ1n) is 16.3. The number of ether oxygens (including phenoxy) is 2. The van der Waals surface area contributed by atoms with E-state index in [0.29, 0.717) is 24.1 Å². The third-order valence-electron chi connectivity index (χ3n) is 8.08. The fraction of sp³-hybridized carbons (Fsp3) is 0.0571. The number of methoxy groups -OCH3 is 2. The monoisotopic (exact) mass is 1020 g/mol. The molecule has 0 saturated carbocycles. The number of hydrogen-bond acceptors (Lipinski definition) is 21. The Hall–Kier alpha value is -0.537. The Morgan fingerprint density at radius 1 is 0.547 bits per heavy atom. The maximum Gasteiger partial charge on any atom is 1.00 e. The molecule has 312 valence electrons. The molecule has 0 heterocycles. The molecule has 6 aromatic carbocycles. The van der Waals surface area contributed by atoms with Gasteiger partial charge in [0.1, 0.15) is 31.7 Å². The van der Waals surface area contributed by atoms with Crippen LogP contribution in [0, 0.1) is 0 Å². The topological polar surface area (TPSA) is 306 Å². The molecule has 64 heavy (non-hydrogen) atoms. The minimum Gasteiger partial charge on any atom is -0.744 e. The molecule has 0 atom stereocenters. The van der Waals surface area contributed by atoms with Crippen molar-refractivity contribution in [3.05, 3.63) is 97.1 Å². The third kappa shape index (κ3) is 15.7. The normalized spacial score (nSPS) is 11.3. The van der Waals surface area contributed by atoms with Gasteiger partial charge in [-0.2, -0.15) is 29.1 Å². The second-order valence-electron chi connectivity index (χ2n) is 11.7. The molecule has 0 aliphatic carbocycles. The number of benzene rings is 6. The zero-order valence-corrected chi connectivity index (χ0v) is 47.8. The zero-order chi connectivity index (χ0) is 43.0. The fourth-order valence-corrected chi connectivity index (χ4v) is 8.03. The molecular weight excluding hydrogens is 997 g/mol. The second kappa shape index (κ2) is 27.6. The Kier molecular flexibility index (Phi) is 25.7. The van der Waals surface area contributed by atoms with E-state index >= 15 is 0 Å². The molecule has 6 aromatic rings.